The van der Waals surface area contributed by atoms with Crippen molar-refractivity contribution in [1.29, 1.82) is 0 Å². The van der Waals surface area contributed by atoms with Gasteiger partial charge in [-0.1, -0.05) is 12.8 Å². The minimum Gasteiger partial charge on any atom is -0.351 e. The van der Waals surface area contributed by atoms with Gasteiger partial charge in [0, 0.05) is 12.6 Å². The molecule has 1 aliphatic carbocycles. The van der Waals surface area contributed by atoms with Crippen molar-refractivity contribution in [2.75, 3.05) is 13.1 Å². The van der Waals surface area contributed by atoms with E-state index in [1.165, 1.54) is 12.8 Å². The lowest BCUT2D eigenvalue weighted by atomic mass is 9.83. The highest BCUT2D eigenvalue weighted by Crippen LogP contribution is 2.27. The van der Waals surface area contributed by atoms with Crippen LogP contribution >= 0.6 is 0 Å². The molecule has 82 valence electrons. The fourth-order valence-corrected chi connectivity index (χ4v) is 2.43. The zero-order valence-electron chi connectivity index (χ0n) is 8.91. The van der Waals surface area contributed by atoms with E-state index in [1.54, 1.807) is 4.90 Å². The van der Waals surface area contributed by atoms with Gasteiger partial charge in [-0.2, -0.15) is 0 Å². The molecule has 0 bridgehead atoms. The quantitative estimate of drug-likeness (QED) is 0.709. The standard InChI is InChI=1S/C10H21N3O/c1-2-13(10(12)14)9-6-4-3-5-8(9)7-11/h8-9H,2-7,11H2,1H3,(H2,12,14). The van der Waals surface area contributed by atoms with Gasteiger partial charge >= 0.3 is 6.03 Å². The summed E-state index contributed by atoms with van der Waals surface area (Å²) in [6.45, 7) is 3.32. The van der Waals surface area contributed by atoms with Crippen LogP contribution in [-0.4, -0.2) is 30.1 Å². The molecule has 0 spiro atoms. The molecular formula is C10H21N3O. The number of carbonyl (C=O) groups is 1. The molecule has 0 radical (unpaired) electrons. The third kappa shape index (κ3) is 2.38. The summed E-state index contributed by atoms with van der Waals surface area (Å²) in [5, 5.41) is 0. The van der Waals surface area contributed by atoms with Gasteiger partial charge in [0.25, 0.3) is 0 Å². The van der Waals surface area contributed by atoms with E-state index in [1.807, 2.05) is 6.92 Å². The van der Waals surface area contributed by atoms with Crippen molar-refractivity contribution in [1.82, 2.24) is 4.90 Å². The highest BCUT2D eigenvalue weighted by atomic mass is 16.2. The fraction of sp³-hybridized carbons (Fsp3) is 0.900. The van der Waals surface area contributed by atoms with Gasteiger partial charge in [-0.15, -0.1) is 0 Å². The fourth-order valence-electron chi connectivity index (χ4n) is 2.43. The molecule has 0 aromatic rings. The Labute approximate surface area is 85.6 Å². The molecule has 14 heavy (non-hydrogen) atoms. The van der Waals surface area contributed by atoms with Gasteiger partial charge in [0.2, 0.25) is 0 Å². The van der Waals surface area contributed by atoms with Crippen molar-refractivity contribution < 1.29 is 4.79 Å². The van der Waals surface area contributed by atoms with E-state index in [4.69, 9.17) is 11.5 Å². The Morgan fingerprint density at radius 2 is 2.07 bits per heavy atom. The van der Waals surface area contributed by atoms with Crippen LogP contribution in [0, 0.1) is 5.92 Å². The van der Waals surface area contributed by atoms with Crippen LogP contribution in [0.25, 0.3) is 0 Å². The van der Waals surface area contributed by atoms with Crippen molar-refractivity contribution in [3.05, 3.63) is 0 Å². The second kappa shape index (κ2) is 5.20. The molecule has 0 heterocycles. The smallest absolute Gasteiger partial charge is 0.315 e. The molecule has 4 nitrogen and oxygen atoms in total. The number of nitrogens with zero attached hydrogens (tertiary/aromatic N) is 1. The minimum absolute atomic E-state index is 0.274. The van der Waals surface area contributed by atoms with Crippen LogP contribution in [0.2, 0.25) is 0 Å². The number of primary amides is 1. The maximum atomic E-state index is 11.2. The number of nitrogens with two attached hydrogens (primary N) is 2. The summed E-state index contributed by atoms with van der Waals surface area (Å²) in [5.74, 6) is 0.441. The number of urea groups is 1. The van der Waals surface area contributed by atoms with Crippen molar-refractivity contribution in [2.45, 2.75) is 38.6 Å². The van der Waals surface area contributed by atoms with Crippen molar-refractivity contribution in [3.8, 4) is 0 Å². The monoisotopic (exact) mass is 199 g/mol. The highest BCUT2D eigenvalue weighted by Gasteiger charge is 2.30. The summed E-state index contributed by atoms with van der Waals surface area (Å²) < 4.78 is 0. The summed E-state index contributed by atoms with van der Waals surface area (Å²) in [7, 11) is 0. The molecular weight excluding hydrogens is 178 g/mol. The lowest BCUT2D eigenvalue weighted by Gasteiger charge is -2.38. The van der Waals surface area contributed by atoms with Crippen molar-refractivity contribution >= 4 is 6.03 Å². The zero-order chi connectivity index (χ0) is 10.6. The first-order valence-electron chi connectivity index (χ1n) is 5.46. The first-order valence-corrected chi connectivity index (χ1v) is 5.46. The largest absolute Gasteiger partial charge is 0.351 e. The second-order valence-electron chi connectivity index (χ2n) is 3.97. The molecule has 1 saturated carbocycles. The van der Waals surface area contributed by atoms with Crippen LogP contribution < -0.4 is 11.5 Å². The Hall–Kier alpha value is -0.770. The topological polar surface area (TPSA) is 72.3 Å². The Kier molecular flexibility index (Phi) is 4.20. The molecule has 0 aromatic carbocycles. The zero-order valence-corrected chi connectivity index (χ0v) is 8.91. The second-order valence-corrected chi connectivity index (χ2v) is 3.97. The van der Waals surface area contributed by atoms with E-state index < -0.39 is 0 Å². The van der Waals surface area contributed by atoms with Crippen LogP contribution in [-0.2, 0) is 0 Å². The number of amides is 2. The summed E-state index contributed by atoms with van der Waals surface area (Å²) >= 11 is 0. The third-order valence-electron chi connectivity index (χ3n) is 3.20. The molecule has 1 fully saturated rings. The molecule has 0 saturated heterocycles. The van der Waals surface area contributed by atoms with Gasteiger partial charge in [-0.3, -0.25) is 0 Å². The molecule has 0 aliphatic heterocycles. The van der Waals surface area contributed by atoms with Crippen molar-refractivity contribution in [3.63, 3.8) is 0 Å². The summed E-state index contributed by atoms with van der Waals surface area (Å²) in [6, 6.07) is -0.0332. The molecule has 4 N–H and O–H groups in total. The predicted molar refractivity (Wildman–Crippen MR) is 56.8 cm³/mol. The lowest BCUT2D eigenvalue weighted by Crippen LogP contribution is -2.49. The molecule has 1 rings (SSSR count). The van der Waals surface area contributed by atoms with Gasteiger partial charge in [0.05, 0.1) is 0 Å². The molecule has 2 amide bonds. The minimum atomic E-state index is -0.308. The first-order chi connectivity index (χ1) is 6.70. The van der Waals surface area contributed by atoms with Gasteiger partial charge in [-0.05, 0) is 32.2 Å². The van der Waals surface area contributed by atoms with E-state index >= 15 is 0 Å². The molecule has 0 aromatic heterocycles. The Morgan fingerprint density at radius 1 is 1.43 bits per heavy atom. The van der Waals surface area contributed by atoms with E-state index in [9.17, 15) is 4.79 Å². The number of rotatable bonds is 3. The van der Waals surface area contributed by atoms with Crippen LogP contribution in [0.3, 0.4) is 0 Å². The Morgan fingerprint density at radius 3 is 2.57 bits per heavy atom. The number of carbonyl (C=O) groups excluding carboxylic acids is 1. The predicted octanol–water partition coefficient (Wildman–Crippen LogP) is 0.904. The maximum Gasteiger partial charge on any atom is 0.315 e. The Bertz CT molecular complexity index is 196. The summed E-state index contributed by atoms with van der Waals surface area (Å²) in [6.07, 6.45) is 4.60. The SMILES string of the molecule is CCN(C(N)=O)C1CCCCC1CN. The van der Waals surface area contributed by atoms with E-state index in [-0.39, 0.29) is 12.1 Å². The van der Waals surface area contributed by atoms with E-state index in [2.05, 4.69) is 0 Å². The van der Waals surface area contributed by atoms with Gasteiger partial charge in [0.1, 0.15) is 0 Å². The van der Waals surface area contributed by atoms with Gasteiger partial charge in [-0.25, -0.2) is 4.79 Å². The first kappa shape index (κ1) is 11.3. The van der Waals surface area contributed by atoms with Crippen LogP contribution in [0.1, 0.15) is 32.6 Å². The normalized spacial score (nSPS) is 27.3. The molecule has 4 heteroatoms. The van der Waals surface area contributed by atoms with Crippen LogP contribution in [0.5, 0.6) is 0 Å². The average molecular weight is 199 g/mol. The summed E-state index contributed by atoms with van der Waals surface area (Å²) in [4.78, 5) is 13.0. The van der Waals surface area contributed by atoms with E-state index in [0.29, 0.717) is 19.0 Å². The molecule has 1 aliphatic rings. The van der Waals surface area contributed by atoms with Crippen molar-refractivity contribution in [2.24, 2.45) is 17.4 Å². The van der Waals surface area contributed by atoms with Crippen LogP contribution in [0.4, 0.5) is 4.79 Å². The average Bonchev–Trinajstić information content (AvgIpc) is 2.19. The number of hydrogen-bond donors (Lipinski definition) is 2. The third-order valence-corrected chi connectivity index (χ3v) is 3.20. The Balaban J connectivity index is 2.65. The van der Waals surface area contributed by atoms with Gasteiger partial charge in [0.15, 0.2) is 0 Å². The van der Waals surface area contributed by atoms with Crippen LogP contribution in [0.15, 0.2) is 0 Å². The number of hydrogen-bond acceptors (Lipinski definition) is 2. The maximum absolute atomic E-state index is 11.2. The lowest BCUT2D eigenvalue weighted by molar-refractivity contribution is 0.132. The van der Waals surface area contributed by atoms with Gasteiger partial charge < -0.3 is 16.4 Å². The molecule has 2 atom stereocenters. The molecule has 2 unspecified atom stereocenters. The highest BCUT2D eigenvalue weighted by molar-refractivity contribution is 5.72. The summed E-state index contributed by atoms with van der Waals surface area (Å²) in [5.41, 5.74) is 11.0. The van der Waals surface area contributed by atoms with E-state index in [0.717, 1.165) is 12.8 Å².